The van der Waals surface area contributed by atoms with Crippen molar-refractivity contribution in [1.29, 1.82) is 0 Å². The van der Waals surface area contributed by atoms with E-state index in [0.29, 0.717) is 19.0 Å². The third kappa shape index (κ3) is 16.1. The van der Waals surface area contributed by atoms with E-state index < -0.39 is 0 Å². The average molecular weight is 459 g/mol. The van der Waals surface area contributed by atoms with Crippen LogP contribution >= 0.6 is 0 Å². The third-order valence-electron chi connectivity index (χ3n) is 5.60. The highest BCUT2D eigenvalue weighted by molar-refractivity contribution is 5.87. The van der Waals surface area contributed by atoms with Crippen LogP contribution in [0.4, 0.5) is 0 Å². The monoisotopic (exact) mass is 458 g/mol. The number of hydrogen-bond acceptors (Lipinski definition) is 4. The molecule has 0 amide bonds. The molecule has 1 N–H and O–H groups in total. The lowest BCUT2D eigenvalue weighted by Crippen LogP contribution is -2.02. The minimum Gasteiger partial charge on any atom is -0.504 e. The Hall–Kier alpha value is -2.23. The highest BCUT2D eigenvalue weighted by atomic mass is 16.5. The minimum atomic E-state index is -0.339. The summed E-state index contributed by atoms with van der Waals surface area (Å²) in [6.07, 6.45) is 25.5. The van der Waals surface area contributed by atoms with Crippen LogP contribution in [0.2, 0.25) is 0 Å². The summed E-state index contributed by atoms with van der Waals surface area (Å²) in [5.74, 6) is 0.169. The first kappa shape index (κ1) is 28.8. The molecule has 1 aromatic rings. The van der Waals surface area contributed by atoms with Gasteiger partial charge in [-0.2, -0.15) is 0 Å². The Labute approximate surface area is 202 Å². The summed E-state index contributed by atoms with van der Waals surface area (Å²) in [5.41, 5.74) is 0.783. The van der Waals surface area contributed by atoms with Crippen molar-refractivity contribution < 1.29 is 19.4 Å². The van der Waals surface area contributed by atoms with Crippen LogP contribution in [0.25, 0.3) is 6.08 Å². The van der Waals surface area contributed by atoms with E-state index in [1.807, 2.05) is 6.92 Å². The van der Waals surface area contributed by atoms with Gasteiger partial charge in [0, 0.05) is 6.08 Å². The smallest absolute Gasteiger partial charge is 0.330 e. The predicted molar refractivity (Wildman–Crippen MR) is 139 cm³/mol. The standard InChI is InChI=1S/C29H46O4/c1-3-5-6-7-8-9-10-11-12-13-14-15-16-17-18-19-24-33-29(31)23-21-26-20-22-27(30)28(25-26)32-4-2/h11-12,20-23,25,30H,3-10,13-19,24H2,1-2H3/b12-11-,23-21?. The molecule has 0 unspecified atom stereocenters. The predicted octanol–water partition coefficient (Wildman–Crippen LogP) is 8.38. The zero-order valence-corrected chi connectivity index (χ0v) is 21.0. The second-order valence-corrected chi connectivity index (χ2v) is 8.60. The molecule has 0 aromatic heterocycles. The number of aromatic hydroxyl groups is 1. The highest BCUT2D eigenvalue weighted by Crippen LogP contribution is 2.27. The van der Waals surface area contributed by atoms with Crippen LogP contribution in [0.1, 0.15) is 109 Å². The molecule has 4 heteroatoms. The quantitative estimate of drug-likeness (QED) is 0.0922. The summed E-state index contributed by atoms with van der Waals surface area (Å²) < 4.78 is 10.6. The lowest BCUT2D eigenvalue weighted by Gasteiger charge is -2.06. The zero-order valence-electron chi connectivity index (χ0n) is 21.0. The average Bonchev–Trinajstić information content (AvgIpc) is 2.81. The van der Waals surface area contributed by atoms with Gasteiger partial charge in [-0.3, -0.25) is 0 Å². The maximum atomic E-state index is 11.9. The molecule has 0 saturated carbocycles. The van der Waals surface area contributed by atoms with Crippen LogP contribution in [0, 0.1) is 0 Å². The van der Waals surface area contributed by atoms with Crippen LogP contribution in [-0.2, 0) is 9.53 Å². The van der Waals surface area contributed by atoms with E-state index in [1.54, 1.807) is 24.3 Å². The number of ether oxygens (including phenoxy) is 2. The molecular weight excluding hydrogens is 412 g/mol. The van der Waals surface area contributed by atoms with Gasteiger partial charge in [-0.1, -0.05) is 82.9 Å². The van der Waals surface area contributed by atoms with E-state index in [4.69, 9.17) is 9.47 Å². The number of benzene rings is 1. The van der Waals surface area contributed by atoms with E-state index in [-0.39, 0.29) is 11.7 Å². The number of allylic oxidation sites excluding steroid dienone is 2. The second kappa shape index (κ2) is 20.4. The SMILES string of the molecule is CCCCCCCC/C=C\CCCCCCCCOC(=O)C=Cc1ccc(O)c(OCC)c1. The van der Waals surface area contributed by atoms with Crippen molar-refractivity contribution in [2.75, 3.05) is 13.2 Å². The van der Waals surface area contributed by atoms with Crippen molar-refractivity contribution in [3.05, 3.63) is 42.0 Å². The molecule has 0 aliphatic rings. The van der Waals surface area contributed by atoms with Crippen molar-refractivity contribution in [1.82, 2.24) is 0 Å². The number of phenolic OH excluding ortho intramolecular Hbond substituents is 1. The molecule has 0 spiro atoms. The van der Waals surface area contributed by atoms with Crippen LogP contribution in [0.15, 0.2) is 36.4 Å². The molecule has 0 fully saturated rings. The fourth-order valence-electron chi connectivity index (χ4n) is 3.64. The first-order valence-corrected chi connectivity index (χ1v) is 13.1. The van der Waals surface area contributed by atoms with Gasteiger partial charge in [0.05, 0.1) is 13.2 Å². The Morgan fingerprint density at radius 3 is 2.09 bits per heavy atom. The largest absolute Gasteiger partial charge is 0.504 e. The van der Waals surface area contributed by atoms with Crippen LogP contribution in [0.3, 0.4) is 0 Å². The Morgan fingerprint density at radius 2 is 1.45 bits per heavy atom. The molecule has 0 heterocycles. The number of carbonyl (C=O) groups is 1. The van der Waals surface area contributed by atoms with Gasteiger partial charge in [-0.05, 0) is 62.8 Å². The van der Waals surface area contributed by atoms with Gasteiger partial charge in [-0.25, -0.2) is 4.79 Å². The van der Waals surface area contributed by atoms with Crippen molar-refractivity contribution in [3.8, 4) is 11.5 Å². The lowest BCUT2D eigenvalue weighted by molar-refractivity contribution is -0.137. The number of carbonyl (C=O) groups excluding carboxylic acids is 1. The van der Waals surface area contributed by atoms with Crippen LogP contribution < -0.4 is 4.74 Å². The molecule has 0 aliphatic carbocycles. The highest BCUT2D eigenvalue weighted by Gasteiger charge is 2.03. The van der Waals surface area contributed by atoms with Crippen LogP contribution in [-0.4, -0.2) is 24.3 Å². The molecule has 33 heavy (non-hydrogen) atoms. The van der Waals surface area contributed by atoms with E-state index in [0.717, 1.165) is 18.4 Å². The maximum absolute atomic E-state index is 11.9. The first-order valence-electron chi connectivity index (χ1n) is 13.1. The third-order valence-corrected chi connectivity index (χ3v) is 5.60. The van der Waals surface area contributed by atoms with Crippen molar-refractivity contribution in [2.24, 2.45) is 0 Å². The summed E-state index contributed by atoms with van der Waals surface area (Å²) >= 11 is 0. The Bertz CT molecular complexity index is 678. The summed E-state index contributed by atoms with van der Waals surface area (Å²) in [6.45, 7) is 5.05. The first-order chi connectivity index (χ1) is 16.2. The number of hydrogen-bond donors (Lipinski definition) is 1. The molecule has 0 aliphatic heterocycles. The van der Waals surface area contributed by atoms with Crippen molar-refractivity contribution in [3.63, 3.8) is 0 Å². The summed E-state index contributed by atoms with van der Waals surface area (Å²) in [4.78, 5) is 11.9. The van der Waals surface area contributed by atoms with E-state index >= 15 is 0 Å². The lowest BCUT2D eigenvalue weighted by atomic mass is 10.1. The molecule has 0 bridgehead atoms. The van der Waals surface area contributed by atoms with Gasteiger partial charge < -0.3 is 14.6 Å². The topological polar surface area (TPSA) is 55.8 Å². The fraction of sp³-hybridized carbons (Fsp3) is 0.621. The minimum absolute atomic E-state index is 0.0940. The van der Waals surface area contributed by atoms with E-state index in [1.165, 1.54) is 83.1 Å². The Kier molecular flexibility index (Phi) is 17.8. The maximum Gasteiger partial charge on any atom is 0.330 e. The van der Waals surface area contributed by atoms with E-state index in [9.17, 15) is 9.90 Å². The van der Waals surface area contributed by atoms with Gasteiger partial charge in [0.25, 0.3) is 0 Å². The van der Waals surface area contributed by atoms with Gasteiger partial charge in [-0.15, -0.1) is 0 Å². The van der Waals surface area contributed by atoms with Crippen LogP contribution in [0.5, 0.6) is 11.5 Å². The number of unbranched alkanes of at least 4 members (excludes halogenated alkanes) is 12. The molecule has 0 saturated heterocycles. The van der Waals surface area contributed by atoms with Gasteiger partial charge in [0.15, 0.2) is 11.5 Å². The van der Waals surface area contributed by atoms with Crippen molar-refractivity contribution in [2.45, 2.75) is 104 Å². The normalized spacial score (nSPS) is 11.5. The number of rotatable bonds is 20. The summed E-state index contributed by atoms with van der Waals surface area (Å²) in [6, 6.07) is 4.99. The zero-order chi connectivity index (χ0) is 24.0. The summed E-state index contributed by atoms with van der Waals surface area (Å²) in [7, 11) is 0. The van der Waals surface area contributed by atoms with Crippen molar-refractivity contribution >= 4 is 12.0 Å². The molecule has 186 valence electrons. The molecule has 0 atom stereocenters. The Morgan fingerprint density at radius 1 is 0.848 bits per heavy atom. The molecule has 0 radical (unpaired) electrons. The molecule has 4 nitrogen and oxygen atoms in total. The molecular formula is C29H46O4. The number of esters is 1. The number of phenols is 1. The summed E-state index contributed by atoms with van der Waals surface area (Å²) in [5, 5.41) is 9.71. The van der Waals surface area contributed by atoms with Gasteiger partial charge >= 0.3 is 5.97 Å². The van der Waals surface area contributed by atoms with E-state index in [2.05, 4.69) is 19.1 Å². The second-order valence-electron chi connectivity index (χ2n) is 8.60. The van der Waals surface area contributed by atoms with Gasteiger partial charge in [0.1, 0.15) is 0 Å². The van der Waals surface area contributed by atoms with Gasteiger partial charge in [0.2, 0.25) is 0 Å². The Balaban J connectivity index is 1.96. The molecule has 1 aromatic carbocycles. The fourth-order valence-corrected chi connectivity index (χ4v) is 3.64. The molecule has 1 rings (SSSR count).